The summed E-state index contributed by atoms with van der Waals surface area (Å²) in [5.74, 6) is 2.89. The zero-order chi connectivity index (χ0) is 9.68. The Labute approximate surface area is 82.9 Å². The highest BCUT2D eigenvalue weighted by atomic mass is 32.2. The number of aryl methyl sites for hydroxylation is 1. The van der Waals surface area contributed by atoms with E-state index >= 15 is 0 Å². The molecule has 2 N–H and O–H groups in total. The third-order valence-corrected chi connectivity index (χ3v) is 3.02. The minimum atomic E-state index is 0.304. The second-order valence-electron chi connectivity index (χ2n) is 2.98. The van der Waals surface area contributed by atoms with Crippen molar-refractivity contribution in [3.05, 3.63) is 12.2 Å². The second-order valence-corrected chi connectivity index (χ2v) is 4.01. The number of rotatable bonds is 5. The molecule has 13 heavy (non-hydrogen) atoms. The van der Waals surface area contributed by atoms with Gasteiger partial charge in [0.25, 0.3) is 0 Å². The van der Waals surface area contributed by atoms with E-state index in [0.29, 0.717) is 6.04 Å². The molecular formula is C8H16N4S. The molecule has 0 saturated heterocycles. The average Bonchev–Trinajstić information content (AvgIpc) is 2.52. The Kier molecular flexibility index (Phi) is 4.24. The first-order valence-corrected chi connectivity index (χ1v) is 5.55. The fraction of sp³-hybridized carbons (Fsp3) is 0.750. The van der Waals surface area contributed by atoms with Gasteiger partial charge in [-0.3, -0.25) is 4.68 Å². The van der Waals surface area contributed by atoms with Gasteiger partial charge in [0.1, 0.15) is 12.2 Å². The molecule has 0 amide bonds. The van der Waals surface area contributed by atoms with Crippen molar-refractivity contribution < 1.29 is 0 Å². The maximum Gasteiger partial charge on any atom is 0.138 e. The van der Waals surface area contributed by atoms with Gasteiger partial charge in [0.05, 0.1) is 5.75 Å². The number of aromatic nitrogens is 3. The summed E-state index contributed by atoms with van der Waals surface area (Å²) in [6.45, 7) is 2.10. The molecule has 1 atom stereocenters. The van der Waals surface area contributed by atoms with E-state index in [1.807, 2.05) is 18.8 Å². The third kappa shape index (κ3) is 3.36. The fourth-order valence-electron chi connectivity index (χ4n) is 0.870. The zero-order valence-corrected chi connectivity index (χ0v) is 8.92. The molecule has 0 aromatic carbocycles. The standard InChI is InChI=1S/C8H16N4S/c1-3-7(9)4-13-5-8-10-6-11-12(8)2/h6-7H,3-5,9H2,1-2H3. The normalized spacial score (nSPS) is 13.2. The molecule has 1 rings (SSSR count). The van der Waals surface area contributed by atoms with Gasteiger partial charge in [0.15, 0.2) is 0 Å². The van der Waals surface area contributed by atoms with E-state index in [1.54, 1.807) is 11.0 Å². The first-order chi connectivity index (χ1) is 6.24. The van der Waals surface area contributed by atoms with Crippen molar-refractivity contribution in [2.45, 2.75) is 25.1 Å². The number of thioether (sulfide) groups is 1. The van der Waals surface area contributed by atoms with Crippen molar-refractivity contribution >= 4 is 11.8 Å². The maximum atomic E-state index is 5.79. The van der Waals surface area contributed by atoms with Crippen molar-refractivity contribution in [2.75, 3.05) is 5.75 Å². The highest BCUT2D eigenvalue weighted by molar-refractivity contribution is 7.98. The summed E-state index contributed by atoms with van der Waals surface area (Å²) < 4.78 is 1.80. The van der Waals surface area contributed by atoms with Crippen LogP contribution in [-0.4, -0.2) is 26.6 Å². The molecule has 0 aliphatic heterocycles. The van der Waals surface area contributed by atoms with E-state index in [-0.39, 0.29) is 0 Å². The summed E-state index contributed by atoms with van der Waals surface area (Å²) >= 11 is 1.81. The molecule has 0 aliphatic carbocycles. The Hall–Kier alpha value is -0.550. The molecule has 0 bridgehead atoms. The summed E-state index contributed by atoms with van der Waals surface area (Å²) in [6.07, 6.45) is 2.61. The van der Waals surface area contributed by atoms with Crippen LogP contribution in [0.4, 0.5) is 0 Å². The molecule has 0 spiro atoms. The maximum absolute atomic E-state index is 5.79. The Morgan fingerprint density at radius 2 is 2.46 bits per heavy atom. The van der Waals surface area contributed by atoms with Crippen LogP contribution in [0.15, 0.2) is 6.33 Å². The van der Waals surface area contributed by atoms with E-state index in [1.165, 1.54) is 0 Å². The third-order valence-electron chi connectivity index (χ3n) is 1.89. The molecule has 1 unspecified atom stereocenters. The van der Waals surface area contributed by atoms with E-state index in [2.05, 4.69) is 17.0 Å². The molecule has 0 fully saturated rings. The molecule has 1 aromatic heterocycles. The predicted molar refractivity (Wildman–Crippen MR) is 55.4 cm³/mol. The minimum absolute atomic E-state index is 0.304. The summed E-state index contributed by atoms with van der Waals surface area (Å²) in [5.41, 5.74) is 5.79. The van der Waals surface area contributed by atoms with Crippen LogP contribution in [0.1, 0.15) is 19.2 Å². The minimum Gasteiger partial charge on any atom is -0.327 e. The summed E-state index contributed by atoms with van der Waals surface area (Å²) in [7, 11) is 1.91. The summed E-state index contributed by atoms with van der Waals surface area (Å²) in [6, 6.07) is 0.304. The largest absolute Gasteiger partial charge is 0.327 e. The van der Waals surface area contributed by atoms with Crippen LogP contribution in [0.2, 0.25) is 0 Å². The molecule has 1 aromatic rings. The van der Waals surface area contributed by atoms with Crippen molar-refractivity contribution in [2.24, 2.45) is 12.8 Å². The van der Waals surface area contributed by atoms with Crippen LogP contribution in [-0.2, 0) is 12.8 Å². The smallest absolute Gasteiger partial charge is 0.138 e. The lowest BCUT2D eigenvalue weighted by Crippen LogP contribution is -2.21. The average molecular weight is 200 g/mol. The second kappa shape index (κ2) is 5.24. The van der Waals surface area contributed by atoms with E-state index < -0.39 is 0 Å². The van der Waals surface area contributed by atoms with Crippen LogP contribution < -0.4 is 5.73 Å². The van der Waals surface area contributed by atoms with Crippen LogP contribution in [0.3, 0.4) is 0 Å². The van der Waals surface area contributed by atoms with Gasteiger partial charge in [-0.25, -0.2) is 4.98 Å². The SMILES string of the molecule is CCC(N)CSCc1ncnn1C. The van der Waals surface area contributed by atoms with Gasteiger partial charge in [0, 0.05) is 18.8 Å². The Morgan fingerprint density at radius 1 is 1.69 bits per heavy atom. The topological polar surface area (TPSA) is 56.7 Å². The first kappa shape index (κ1) is 10.5. The lowest BCUT2D eigenvalue weighted by atomic mass is 10.3. The Bertz CT molecular complexity index is 248. The summed E-state index contributed by atoms with van der Waals surface area (Å²) in [5, 5.41) is 4.00. The Morgan fingerprint density at radius 3 is 3.00 bits per heavy atom. The van der Waals surface area contributed by atoms with Crippen molar-refractivity contribution in [1.29, 1.82) is 0 Å². The van der Waals surface area contributed by atoms with Crippen LogP contribution in [0.25, 0.3) is 0 Å². The number of hydrogen-bond donors (Lipinski definition) is 1. The Balaban J connectivity index is 2.24. The zero-order valence-electron chi connectivity index (χ0n) is 8.10. The van der Waals surface area contributed by atoms with Gasteiger partial charge in [0.2, 0.25) is 0 Å². The molecule has 1 heterocycles. The van der Waals surface area contributed by atoms with Crippen molar-refractivity contribution in [1.82, 2.24) is 14.8 Å². The monoisotopic (exact) mass is 200 g/mol. The van der Waals surface area contributed by atoms with E-state index in [0.717, 1.165) is 23.8 Å². The molecular weight excluding hydrogens is 184 g/mol. The first-order valence-electron chi connectivity index (χ1n) is 4.40. The van der Waals surface area contributed by atoms with Gasteiger partial charge >= 0.3 is 0 Å². The van der Waals surface area contributed by atoms with Gasteiger partial charge in [-0.2, -0.15) is 16.9 Å². The van der Waals surface area contributed by atoms with Crippen LogP contribution in [0.5, 0.6) is 0 Å². The summed E-state index contributed by atoms with van der Waals surface area (Å²) in [4.78, 5) is 4.13. The van der Waals surface area contributed by atoms with Crippen LogP contribution in [0, 0.1) is 0 Å². The molecule has 0 saturated carbocycles. The quantitative estimate of drug-likeness (QED) is 0.763. The molecule has 0 aliphatic rings. The lowest BCUT2D eigenvalue weighted by Gasteiger charge is -2.06. The lowest BCUT2D eigenvalue weighted by molar-refractivity contribution is 0.718. The fourth-order valence-corrected chi connectivity index (χ4v) is 1.97. The molecule has 74 valence electrons. The highest BCUT2D eigenvalue weighted by Gasteiger charge is 2.02. The van der Waals surface area contributed by atoms with Crippen LogP contribution >= 0.6 is 11.8 Å². The number of hydrogen-bond acceptors (Lipinski definition) is 4. The highest BCUT2D eigenvalue weighted by Crippen LogP contribution is 2.10. The van der Waals surface area contributed by atoms with E-state index in [4.69, 9.17) is 5.73 Å². The van der Waals surface area contributed by atoms with E-state index in [9.17, 15) is 0 Å². The molecule has 5 heteroatoms. The van der Waals surface area contributed by atoms with Gasteiger partial charge in [-0.05, 0) is 6.42 Å². The van der Waals surface area contributed by atoms with Crippen molar-refractivity contribution in [3.8, 4) is 0 Å². The molecule has 0 radical (unpaired) electrons. The number of nitrogens with zero attached hydrogens (tertiary/aromatic N) is 3. The molecule has 4 nitrogen and oxygen atoms in total. The van der Waals surface area contributed by atoms with Gasteiger partial charge in [-0.15, -0.1) is 0 Å². The predicted octanol–water partition coefficient (Wildman–Crippen LogP) is 0.786. The van der Waals surface area contributed by atoms with Gasteiger partial charge < -0.3 is 5.73 Å². The van der Waals surface area contributed by atoms with Crippen molar-refractivity contribution in [3.63, 3.8) is 0 Å². The number of nitrogens with two attached hydrogens (primary N) is 1. The van der Waals surface area contributed by atoms with Gasteiger partial charge in [-0.1, -0.05) is 6.92 Å².